The zero-order valence-electron chi connectivity index (χ0n) is 40.4. The van der Waals surface area contributed by atoms with E-state index in [-0.39, 0.29) is 18.4 Å². The number of rotatable bonds is 20. The highest BCUT2D eigenvalue weighted by Gasteiger charge is 2.31. The van der Waals surface area contributed by atoms with Gasteiger partial charge in [-0.05, 0) is 141 Å². The lowest BCUT2D eigenvalue weighted by Gasteiger charge is -2.41. The monoisotopic (exact) mass is 953 g/mol. The maximum atomic E-state index is 13.7. The quantitative estimate of drug-likeness (QED) is 0.0602. The lowest BCUT2D eigenvalue weighted by molar-refractivity contribution is 0.0941. The van der Waals surface area contributed by atoms with Crippen molar-refractivity contribution < 1.29 is 14.3 Å². The van der Waals surface area contributed by atoms with Gasteiger partial charge in [-0.1, -0.05) is 53.5 Å². The summed E-state index contributed by atoms with van der Waals surface area (Å²) in [5.74, 6) is 0.145. The molecule has 2 aromatic heterocycles. The highest BCUT2D eigenvalue weighted by Crippen LogP contribution is 2.36. The third kappa shape index (κ3) is 12.3. The Balaban J connectivity index is 0.882. The first-order valence-electron chi connectivity index (χ1n) is 24.1. The summed E-state index contributed by atoms with van der Waals surface area (Å²) >= 11 is 13.4. The van der Waals surface area contributed by atoms with E-state index in [1.165, 1.54) is 0 Å². The standard InChI is InChI=1S/C52H70Cl2N10O3/c1-8-63(41-19-15-39(16-20-41)61(5)6)48-28-38(54)27-44(35(48)4)51(66)56-31-47-52(60-33-59-47)67-24-23-62(7)40-17-21-42(22-18-40)64(9-2)49-29-37(53)26-43(34(49)3)50(65)55-30-46-45(57-32-58-46)25-36-13-11-10-12-14-36/h10-14,26-29,32-33,39-42H,8-9,15-25,30-31H2,1-7H3,(H,55,65)(H,56,66)(H,57,58)(H,59,60). The largest absolute Gasteiger partial charge is 0.475 e. The molecule has 0 bridgehead atoms. The summed E-state index contributed by atoms with van der Waals surface area (Å²) in [6.45, 7) is 11.8. The summed E-state index contributed by atoms with van der Waals surface area (Å²) in [6.07, 6.45) is 12.6. The Morgan fingerprint density at radius 3 is 1.72 bits per heavy atom. The molecule has 2 aliphatic carbocycles. The fraction of sp³-hybridized carbons (Fsp3) is 0.500. The lowest BCUT2D eigenvalue weighted by Crippen LogP contribution is -2.44. The van der Waals surface area contributed by atoms with E-state index in [4.69, 9.17) is 27.9 Å². The molecule has 13 nitrogen and oxygen atoms in total. The van der Waals surface area contributed by atoms with Crippen molar-refractivity contribution in [3.05, 3.63) is 122 Å². The molecule has 4 N–H and O–H groups in total. The number of anilines is 2. The first-order chi connectivity index (χ1) is 32.3. The first kappa shape index (κ1) is 49.8. The topological polar surface area (TPSA) is 138 Å². The molecule has 2 amide bonds. The van der Waals surface area contributed by atoms with Crippen LogP contribution in [0.15, 0.2) is 67.3 Å². The van der Waals surface area contributed by atoms with Crippen LogP contribution in [0.2, 0.25) is 10.0 Å². The molecule has 67 heavy (non-hydrogen) atoms. The van der Waals surface area contributed by atoms with Crippen LogP contribution in [-0.4, -0.2) is 113 Å². The van der Waals surface area contributed by atoms with E-state index < -0.39 is 0 Å². The van der Waals surface area contributed by atoms with Crippen molar-refractivity contribution in [1.29, 1.82) is 0 Å². The number of amides is 2. The van der Waals surface area contributed by atoms with E-state index in [0.29, 0.717) is 76.5 Å². The number of aromatic nitrogens is 4. The molecule has 0 saturated heterocycles. The van der Waals surface area contributed by atoms with Gasteiger partial charge in [-0.2, -0.15) is 0 Å². The first-order valence-corrected chi connectivity index (χ1v) is 24.9. The lowest BCUT2D eigenvalue weighted by atomic mass is 9.88. The minimum atomic E-state index is -0.183. The van der Waals surface area contributed by atoms with Gasteiger partial charge in [0.05, 0.1) is 42.8 Å². The zero-order chi connectivity index (χ0) is 47.6. The average Bonchev–Trinajstić information content (AvgIpc) is 3.99. The molecule has 2 fully saturated rings. The Kier molecular flexibility index (Phi) is 17.3. The van der Waals surface area contributed by atoms with Crippen LogP contribution in [0.4, 0.5) is 11.4 Å². The molecule has 360 valence electrons. The van der Waals surface area contributed by atoms with Crippen LogP contribution in [0.1, 0.15) is 120 Å². The third-order valence-corrected chi connectivity index (χ3v) is 14.7. The van der Waals surface area contributed by atoms with Crippen LogP contribution < -0.4 is 25.2 Å². The van der Waals surface area contributed by atoms with Crippen molar-refractivity contribution in [2.75, 3.05) is 57.2 Å². The number of hydrogen-bond donors (Lipinski definition) is 4. The van der Waals surface area contributed by atoms with Gasteiger partial charge >= 0.3 is 0 Å². The van der Waals surface area contributed by atoms with Gasteiger partial charge in [0.15, 0.2) is 0 Å². The van der Waals surface area contributed by atoms with E-state index in [1.54, 1.807) is 24.8 Å². The molecule has 15 heteroatoms. The number of H-pyrrole nitrogens is 2. The molecule has 0 aliphatic heterocycles. The Morgan fingerprint density at radius 2 is 1.18 bits per heavy atom. The van der Waals surface area contributed by atoms with Crippen molar-refractivity contribution in [3.8, 4) is 5.88 Å². The second-order valence-corrected chi connectivity index (χ2v) is 19.4. The Bertz CT molecular complexity index is 2410. The van der Waals surface area contributed by atoms with E-state index in [2.05, 4.69) is 97.3 Å². The SMILES string of the molecule is CCN(c1cc(Cl)cc(C(=O)NCc2[nH]cnc2Cc2ccccc2)c1C)C1CCC(N(C)CCOc2nc[nH]c2CNC(=O)c2cc(Cl)cc(N(CC)C3CCC(N(C)C)CC3)c2C)CC1. The minimum Gasteiger partial charge on any atom is -0.475 e. The molecule has 7 rings (SSSR count). The van der Waals surface area contributed by atoms with Gasteiger partial charge in [-0.15, -0.1) is 0 Å². The van der Waals surface area contributed by atoms with Crippen LogP contribution in [0.25, 0.3) is 0 Å². The molecular weight excluding hydrogens is 884 g/mol. The van der Waals surface area contributed by atoms with Gasteiger partial charge in [-0.3, -0.25) is 9.59 Å². The van der Waals surface area contributed by atoms with Gasteiger partial charge in [0, 0.05) is 82.8 Å². The highest BCUT2D eigenvalue weighted by atomic mass is 35.5. The second kappa shape index (κ2) is 23.3. The average molecular weight is 954 g/mol. The predicted octanol–water partition coefficient (Wildman–Crippen LogP) is 9.35. The number of likely N-dealkylation sites (N-methyl/N-ethyl adjacent to an activating group) is 1. The maximum Gasteiger partial charge on any atom is 0.252 e. The van der Waals surface area contributed by atoms with Gasteiger partial charge in [0.25, 0.3) is 11.8 Å². The van der Waals surface area contributed by atoms with Gasteiger partial charge in [0.1, 0.15) is 6.61 Å². The molecule has 0 atom stereocenters. The number of nitrogens with zero attached hydrogens (tertiary/aromatic N) is 6. The summed E-state index contributed by atoms with van der Waals surface area (Å²) in [4.78, 5) is 52.3. The second-order valence-electron chi connectivity index (χ2n) is 18.5. The third-order valence-electron chi connectivity index (χ3n) is 14.3. The van der Waals surface area contributed by atoms with Gasteiger partial charge in [-0.25, -0.2) is 9.97 Å². The van der Waals surface area contributed by atoms with Crippen LogP contribution in [0.5, 0.6) is 5.88 Å². The normalized spacial score (nSPS) is 18.6. The van der Waals surface area contributed by atoms with Crippen LogP contribution >= 0.6 is 23.2 Å². The molecule has 0 radical (unpaired) electrons. The fourth-order valence-corrected chi connectivity index (χ4v) is 10.8. The minimum absolute atomic E-state index is 0.162. The summed E-state index contributed by atoms with van der Waals surface area (Å²) in [6, 6.07) is 19.5. The fourth-order valence-electron chi connectivity index (χ4n) is 10.3. The van der Waals surface area contributed by atoms with Crippen molar-refractivity contribution in [1.82, 2.24) is 40.4 Å². The van der Waals surface area contributed by atoms with Gasteiger partial charge < -0.3 is 44.9 Å². The van der Waals surface area contributed by atoms with E-state index >= 15 is 0 Å². The van der Waals surface area contributed by atoms with E-state index in [0.717, 1.165) is 110 Å². The van der Waals surface area contributed by atoms with Crippen molar-refractivity contribution in [2.24, 2.45) is 0 Å². The number of ether oxygens (including phenoxy) is 1. The van der Waals surface area contributed by atoms with Gasteiger partial charge in [0.2, 0.25) is 5.88 Å². The number of halogens is 2. The Labute approximate surface area is 407 Å². The van der Waals surface area contributed by atoms with Crippen molar-refractivity contribution in [2.45, 2.75) is 123 Å². The Hall–Kier alpha value is -5.08. The molecule has 5 aromatic rings. The summed E-state index contributed by atoms with van der Waals surface area (Å²) < 4.78 is 6.21. The molecule has 0 unspecified atom stereocenters. The predicted molar refractivity (Wildman–Crippen MR) is 271 cm³/mol. The number of hydrogen-bond acceptors (Lipinski definition) is 9. The number of carbonyl (C=O) groups is 2. The number of benzene rings is 3. The molecule has 2 saturated carbocycles. The Morgan fingerprint density at radius 1 is 0.687 bits per heavy atom. The summed E-state index contributed by atoms with van der Waals surface area (Å²) in [5.41, 5.74) is 8.73. The molecule has 2 aliphatic rings. The molecule has 2 heterocycles. The van der Waals surface area contributed by atoms with Crippen molar-refractivity contribution >= 4 is 46.4 Å². The summed E-state index contributed by atoms with van der Waals surface area (Å²) in [7, 11) is 6.49. The number of nitrogens with one attached hydrogen (secondary N) is 4. The molecule has 3 aromatic carbocycles. The number of carbonyl (C=O) groups excluding carboxylic acids is 2. The van der Waals surface area contributed by atoms with E-state index in [1.807, 2.05) is 44.2 Å². The smallest absolute Gasteiger partial charge is 0.252 e. The molecular formula is C52H70Cl2N10O3. The number of aromatic amines is 2. The van der Waals surface area contributed by atoms with Crippen molar-refractivity contribution in [3.63, 3.8) is 0 Å². The van der Waals surface area contributed by atoms with Crippen LogP contribution in [-0.2, 0) is 19.5 Å². The van der Waals surface area contributed by atoms with Crippen LogP contribution in [0.3, 0.4) is 0 Å². The maximum absolute atomic E-state index is 13.7. The zero-order valence-corrected chi connectivity index (χ0v) is 41.9. The summed E-state index contributed by atoms with van der Waals surface area (Å²) in [5, 5.41) is 7.30. The highest BCUT2D eigenvalue weighted by molar-refractivity contribution is 6.31. The van der Waals surface area contributed by atoms with Crippen LogP contribution in [0, 0.1) is 13.8 Å². The van der Waals surface area contributed by atoms with E-state index in [9.17, 15) is 9.59 Å². The molecule has 0 spiro atoms. The number of imidazole rings is 2.